The number of esters is 1. The minimum atomic E-state index is -0.162. The summed E-state index contributed by atoms with van der Waals surface area (Å²) in [5.74, 6) is -0.256. The molecule has 0 saturated carbocycles. The number of carbonyl (C=O) groups is 1. The van der Waals surface area contributed by atoms with Gasteiger partial charge in [0.25, 0.3) is 0 Å². The van der Waals surface area contributed by atoms with Crippen molar-refractivity contribution in [2.45, 2.75) is 25.8 Å². The number of rotatable bonds is 2. The SMILES string of the molecule is COC(=O)C1CCN(c2c(C#N)cnc3ccc(Cl)cc23)C(C)C1. The van der Waals surface area contributed by atoms with Gasteiger partial charge in [0.05, 0.1) is 29.8 Å². The Morgan fingerprint density at radius 2 is 2.29 bits per heavy atom. The van der Waals surface area contributed by atoms with E-state index in [1.165, 1.54) is 7.11 Å². The first-order valence-electron chi connectivity index (χ1n) is 7.88. The summed E-state index contributed by atoms with van der Waals surface area (Å²) in [4.78, 5) is 18.3. The van der Waals surface area contributed by atoms with Crippen molar-refractivity contribution in [3.8, 4) is 6.07 Å². The number of aromatic nitrogens is 1. The van der Waals surface area contributed by atoms with Crippen molar-refractivity contribution in [3.63, 3.8) is 0 Å². The molecule has 2 heterocycles. The maximum Gasteiger partial charge on any atom is 0.308 e. The van der Waals surface area contributed by atoms with Crippen LogP contribution < -0.4 is 4.90 Å². The van der Waals surface area contributed by atoms with Crippen LogP contribution in [-0.2, 0) is 9.53 Å². The predicted molar refractivity (Wildman–Crippen MR) is 93.0 cm³/mol. The topological polar surface area (TPSA) is 66.2 Å². The lowest BCUT2D eigenvalue weighted by molar-refractivity contribution is -0.146. The fourth-order valence-electron chi connectivity index (χ4n) is 3.43. The molecular formula is C18H18ClN3O2. The Morgan fingerprint density at radius 3 is 2.96 bits per heavy atom. The van der Waals surface area contributed by atoms with Gasteiger partial charge in [-0.15, -0.1) is 0 Å². The fourth-order valence-corrected chi connectivity index (χ4v) is 3.60. The van der Waals surface area contributed by atoms with E-state index in [2.05, 4.69) is 22.9 Å². The molecule has 0 radical (unpaired) electrons. The summed E-state index contributed by atoms with van der Waals surface area (Å²) in [5, 5.41) is 11.0. The van der Waals surface area contributed by atoms with Gasteiger partial charge in [0.15, 0.2) is 0 Å². The summed E-state index contributed by atoms with van der Waals surface area (Å²) in [6, 6.07) is 7.84. The third-order valence-corrected chi connectivity index (χ3v) is 4.86. The minimum Gasteiger partial charge on any atom is -0.469 e. The summed E-state index contributed by atoms with van der Waals surface area (Å²) in [6.07, 6.45) is 3.00. The van der Waals surface area contributed by atoms with Crippen LogP contribution in [0.15, 0.2) is 24.4 Å². The summed E-state index contributed by atoms with van der Waals surface area (Å²) >= 11 is 6.15. The molecule has 0 amide bonds. The molecule has 0 N–H and O–H groups in total. The molecule has 1 aromatic heterocycles. The van der Waals surface area contributed by atoms with Crippen LogP contribution in [0.25, 0.3) is 10.9 Å². The molecule has 6 heteroatoms. The lowest BCUT2D eigenvalue weighted by Gasteiger charge is -2.39. The monoisotopic (exact) mass is 343 g/mol. The van der Waals surface area contributed by atoms with Crippen LogP contribution in [-0.4, -0.2) is 30.6 Å². The molecule has 2 atom stereocenters. The predicted octanol–water partition coefficient (Wildman–Crippen LogP) is 3.54. The molecule has 1 saturated heterocycles. The number of fused-ring (bicyclic) bond motifs is 1. The van der Waals surface area contributed by atoms with Gasteiger partial charge in [-0.05, 0) is 38.0 Å². The minimum absolute atomic E-state index is 0.0940. The molecule has 124 valence electrons. The quantitative estimate of drug-likeness (QED) is 0.780. The first-order chi connectivity index (χ1) is 11.5. The molecular weight excluding hydrogens is 326 g/mol. The highest BCUT2D eigenvalue weighted by Crippen LogP contribution is 2.36. The third-order valence-electron chi connectivity index (χ3n) is 4.62. The average Bonchev–Trinajstić information content (AvgIpc) is 2.60. The second kappa shape index (κ2) is 6.66. The Kier molecular flexibility index (Phi) is 4.59. The third kappa shape index (κ3) is 2.90. The van der Waals surface area contributed by atoms with Gasteiger partial charge in [-0.25, -0.2) is 0 Å². The normalized spacial score (nSPS) is 20.7. The lowest BCUT2D eigenvalue weighted by Crippen LogP contribution is -2.43. The summed E-state index contributed by atoms with van der Waals surface area (Å²) in [7, 11) is 1.42. The van der Waals surface area contributed by atoms with Gasteiger partial charge < -0.3 is 9.64 Å². The number of hydrogen-bond donors (Lipinski definition) is 0. The lowest BCUT2D eigenvalue weighted by atomic mass is 9.90. The van der Waals surface area contributed by atoms with E-state index >= 15 is 0 Å². The molecule has 1 aliphatic rings. The van der Waals surface area contributed by atoms with Gasteiger partial charge in [0, 0.05) is 29.2 Å². The zero-order chi connectivity index (χ0) is 17.3. The van der Waals surface area contributed by atoms with E-state index in [0.717, 1.165) is 16.6 Å². The highest BCUT2D eigenvalue weighted by Gasteiger charge is 2.32. The maximum atomic E-state index is 11.8. The van der Waals surface area contributed by atoms with E-state index in [4.69, 9.17) is 16.3 Å². The summed E-state index contributed by atoms with van der Waals surface area (Å²) in [5.41, 5.74) is 2.17. The Bertz CT molecular complexity index is 831. The molecule has 3 rings (SSSR count). The average molecular weight is 344 g/mol. The van der Waals surface area contributed by atoms with Crippen LogP contribution >= 0.6 is 11.6 Å². The van der Waals surface area contributed by atoms with Gasteiger partial charge in [-0.1, -0.05) is 11.6 Å². The van der Waals surface area contributed by atoms with Crippen molar-refractivity contribution in [1.82, 2.24) is 4.98 Å². The van der Waals surface area contributed by atoms with Crippen molar-refractivity contribution >= 4 is 34.2 Å². The standard InChI is InChI=1S/C18H18ClN3O2/c1-11-7-12(18(23)24-2)5-6-22(11)17-13(9-20)10-21-16-4-3-14(19)8-15(16)17/h3-4,8,10-12H,5-7H2,1-2H3. The number of hydrogen-bond acceptors (Lipinski definition) is 5. The highest BCUT2D eigenvalue weighted by molar-refractivity contribution is 6.31. The van der Waals surface area contributed by atoms with Crippen LogP contribution in [0.5, 0.6) is 0 Å². The van der Waals surface area contributed by atoms with Crippen LogP contribution in [0.3, 0.4) is 0 Å². The van der Waals surface area contributed by atoms with Gasteiger partial charge in [0.1, 0.15) is 6.07 Å². The summed E-state index contributed by atoms with van der Waals surface area (Å²) in [6.45, 7) is 2.74. The maximum absolute atomic E-state index is 11.8. The van der Waals surface area contributed by atoms with Crippen LogP contribution in [0.4, 0.5) is 5.69 Å². The van der Waals surface area contributed by atoms with Crippen LogP contribution in [0, 0.1) is 17.2 Å². The molecule has 24 heavy (non-hydrogen) atoms. The molecule has 1 aromatic carbocycles. The number of ether oxygens (including phenoxy) is 1. The van der Waals surface area contributed by atoms with Crippen molar-refractivity contribution in [1.29, 1.82) is 5.26 Å². The fraction of sp³-hybridized carbons (Fsp3) is 0.389. The number of nitrogens with zero attached hydrogens (tertiary/aromatic N) is 3. The molecule has 2 aromatic rings. The first kappa shape index (κ1) is 16.5. The van der Waals surface area contributed by atoms with Crippen LogP contribution in [0.1, 0.15) is 25.3 Å². The van der Waals surface area contributed by atoms with E-state index in [1.54, 1.807) is 12.3 Å². The second-order valence-electron chi connectivity index (χ2n) is 6.08. The van der Waals surface area contributed by atoms with E-state index in [0.29, 0.717) is 30.0 Å². The molecule has 0 bridgehead atoms. The number of anilines is 1. The molecule has 1 fully saturated rings. The largest absolute Gasteiger partial charge is 0.469 e. The smallest absolute Gasteiger partial charge is 0.308 e. The number of piperidine rings is 1. The van der Waals surface area contributed by atoms with Gasteiger partial charge in [-0.3, -0.25) is 9.78 Å². The van der Waals surface area contributed by atoms with E-state index < -0.39 is 0 Å². The summed E-state index contributed by atoms with van der Waals surface area (Å²) < 4.78 is 4.87. The number of halogens is 1. The number of carbonyl (C=O) groups excluding carboxylic acids is 1. The highest BCUT2D eigenvalue weighted by atomic mass is 35.5. The zero-order valence-electron chi connectivity index (χ0n) is 13.6. The Labute approximate surface area is 145 Å². The van der Waals surface area contributed by atoms with Gasteiger partial charge in [0.2, 0.25) is 0 Å². The Morgan fingerprint density at radius 1 is 1.50 bits per heavy atom. The molecule has 1 aliphatic heterocycles. The molecule has 2 unspecified atom stereocenters. The van der Waals surface area contributed by atoms with E-state index in [9.17, 15) is 10.1 Å². The molecule has 5 nitrogen and oxygen atoms in total. The van der Waals surface area contributed by atoms with E-state index in [1.807, 2.05) is 12.1 Å². The van der Waals surface area contributed by atoms with Crippen molar-refractivity contribution in [2.24, 2.45) is 5.92 Å². The van der Waals surface area contributed by atoms with E-state index in [-0.39, 0.29) is 17.9 Å². The number of benzene rings is 1. The van der Waals surface area contributed by atoms with Crippen molar-refractivity contribution in [2.75, 3.05) is 18.6 Å². The number of methoxy groups -OCH3 is 1. The van der Waals surface area contributed by atoms with Crippen molar-refractivity contribution < 1.29 is 9.53 Å². The number of nitriles is 1. The zero-order valence-corrected chi connectivity index (χ0v) is 14.4. The van der Waals surface area contributed by atoms with Crippen LogP contribution in [0.2, 0.25) is 5.02 Å². The Balaban J connectivity index is 2.04. The number of pyridine rings is 1. The molecule has 0 spiro atoms. The molecule has 0 aliphatic carbocycles. The Hall–Kier alpha value is -2.32. The van der Waals surface area contributed by atoms with Gasteiger partial charge in [-0.2, -0.15) is 5.26 Å². The first-order valence-corrected chi connectivity index (χ1v) is 8.25. The van der Waals surface area contributed by atoms with Gasteiger partial charge >= 0.3 is 5.97 Å². The van der Waals surface area contributed by atoms with Crippen molar-refractivity contribution in [3.05, 3.63) is 35.0 Å². The second-order valence-corrected chi connectivity index (χ2v) is 6.52.